The molecule has 0 radical (unpaired) electrons. The molecule has 1 aromatic carbocycles. The van der Waals surface area contributed by atoms with E-state index >= 15 is 0 Å². The second-order valence-electron chi connectivity index (χ2n) is 5.38. The van der Waals surface area contributed by atoms with Crippen LogP contribution >= 0.6 is 0 Å². The normalized spacial score (nSPS) is 11.5. The van der Waals surface area contributed by atoms with Gasteiger partial charge in [0.15, 0.2) is 6.61 Å². The number of carbonyl (C=O) groups excluding carboxylic acids is 1. The molecule has 5 nitrogen and oxygen atoms in total. The van der Waals surface area contributed by atoms with E-state index in [1.807, 2.05) is 36.0 Å². The fourth-order valence-corrected chi connectivity index (χ4v) is 2.38. The predicted molar refractivity (Wildman–Crippen MR) is 86.3 cm³/mol. The van der Waals surface area contributed by atoms with Crippen molar-refractivity contribution >= 4 is 22.5 Å². The molecule has 0 fully saturated rings. The Labute approximate surface area is 141 Å². The summed E-state index contributed by atoms with van der Waals surface area (Å²) in [6, 6.07) is 9.32. The molecule has 8 heteroatoms. The lowest BCUT2D eigenvalue weighted by atomic mass is 10.2. The van der Waals surface area contributed by atoms with Crippen LogP contribution in [0.5, 0.6) is 5.75 Å². The first-order chi connectivity index (χ1) is 11.8. The van der Waals surface area contributed by atoms with Crippen LogP contribution in [0.1, 0.15) is 5.69 Å². The molecule has 0 saturated carbocycles. The van der Waals surface area contributed by atoms with E-state index in [9.17, 15) is 18.0 Å². The molecule has 2 aromatic heterocycles. The van der Waals surface area contributed by atoms with Crippen LogP contribution < -0.4 is 10.1 Å². The molecule has 0 aliphatic heterocycles. The summed E-state index contributed by atoms with van der Waals surface area (Å²) in [7, 11) is 1.90. The number of benzene rings is 1. The minimum atomic E-state index is -4.51. The van der Waals surface area contributed by atoms with Gasteiger partial charge in [0.05, 0.1) is 17.4 Å². The molecular formula is C17H14F3N3O2. The predicted octanol–water partition coefficient (Wildman–Crippen LogP) is 3.61. The van der Waals surface area contributed by atoms with E-state index < -0.39 is 17.8 Å². The number of nitrogens with one attached hydrogen (secondary N) is 1. The van der Waals surface area contributed by atoms with Crippen LogP contribution in [-0.4, -0.2) is 22.1 Å². The van der Waals surface area contributed by atoms with Gasteiger partial charge < -0.3 is 14.6 Å². The van der Waals surface area contributed by atoms with E-state index in [-0.39, 0.29) is 12.3 Å². The summed E-state index contributed by atoms with van der Waals surface area (Å²) >= 11 is 0. The van der Waals surface area contributed by atoms with E-state index in [1.165, 1.54) is 0 Å². The van der Waals surface area contributed by atoms with Crippen molar-refractivity contribution < 1.29 is 22.7 Å². The molecule has 0 spiro atoms. The monoisotopic (exact) mass is 349 g/mol. The zero-order valence-corrected chi connectivity index (χ0v) is 13.2. The Morgan fingerprint density at radius 1 is 1.24 bits per heavy atom. The quantitative estimate of drug-likeness (QED) is 0.783. The van der Waals surface area contributed by atoms with Crippen molar-refractivity contribution in [1.82, 2.24) is 9.55 Å². The summed E-state index contributed by atoms with van der Waals surface area (Å²) in [4.78, 5) is 15.2. The number of hydrogen-bond donors (Lipinski definition) is 1. The number of amides is 1. The van der Waals surface area contributed by atoms with Crippen molar-refractivity contribution in [3.63, 3.8) is 0 Å². The standard InChI is InChI=1S/C17H14F3N3O2/c1-23-8-7-12-13(23)3-2-4-14(12)25-10-16(24)22-11-5-6-15(21-9-11)17(18,19)20/h2-9H,10H2,1H3,(H,22,24). The van der Waals surface area contributed by atoms with Crippen LogP contribution in [0.4, 0.5) is 18.9 Å². The Morgan fingerprint density at radius 2 is 2.04 bits per heavy atom. The number of aromatic nitrogens is 2. The van der Waals surface area contributed by atoms with Crippen LogP contribution in [0.25, 0.3) is 10.9 Å². The fraction of sp³-hybridized carbons (Fsp3) is 0.176. The van der Waals surface area contributed by atoms with Gasteiger partial charge in [-0.25, -0.2) is 4.98 Å². The number of fused-ring (bicyclic) bond motifs is 1. The zero-order valence-electron chi connectivity index (χ0n) is 13.2. The van der Waals surface area contributed by atoms with Gasteiger partial charge in [-0.3, -0.25) is 4.79 Å². The van der Waals surface area contributed by atoms with Crippen LogP contribution in [0.3, 0.4) is 0 Å². The molecule has 1 N–H and O–H groups in total. The average molecular weight is 349 g/mol. The lowest BCUT2D eigenvalue weighted by Crippen LogP contribution is -2.20. The van der Waals surface area contributed by atoms with Gasteiger partial charge in [-0.2, -0.15) is 13.2 Å². The molecule has 0 unspecified atom stereocenters. The van der Waals surface area contributed by atoms with Crippen molar-refractivity contribution in [2.75, 3.05) is 11.9 Å². The Balaban J connectivity index is 1.63. The first-order valence-corrected chi connectivity index (χ1v) is 7.34. The summed E-state index contributed by atoms with van der Waals surface area (Å²) in [5, 5.41) is 3.31. The first kappa shape index (κ1) is 16.8. The molecule has 0 saturated heterocycles. The van der Waals surface area contributed by atoms with Gasteiger partial charge in [0.25, 0.3) is 5.91 Å². The summed E-state index contributed by atoms with van der Waals surface area (Å²) in [6.45, 7) is -0.269. The van der Waals surface area contributed by atoms with Gasteiger partial charge in [0, 0.05) is 18.6 Å². The molecule has 0 atom stereocenters. The summed E-state index contributed by atoms with van der Waals surface area (Å²) in [5.41, 5.74) is 0.113. The van der Waals surface area contributed by atoms with Gasteiger partial charge in [0.2, 0.25) is 0 Å². The highest BCUT2D eigenvalue weighted by atomic mass is 19.4. The minimum Gasteiger partial charge on any atom is -0.483 e. The van der Waals surface area contributed by atoms with Crippen LogP contribution in [0.2, 0.25) is 0 Å². The summed E-state index contributed by atoms with van der Waals surface area (Å²) in [5.74, 6) is 0.0632. The lowest BCUT2D eigenvalue weighted by molar-refractivity contribution is -0.141. The molecule has 0 aliphatic rings. The average Bonchev–Trinajstić information content (AvgIpc) is 2.95. The van der Waals surface area contributed by atoms with Crippen molar-refractivity contribution in [2.45, 2.75) is 6.18 Å². The van der Waals surface area contributed by atoms with Crippen LogP contribution in [0, 0.1) is 0 Å². The molecule has 25 heavy (non-hydrogen) atoms. The van der Waals surface area contributed by atoms with Gasteiger partial charge in [0.1, 0.15) is 11.4 Å². The van der Waals surface area contributed by atoms with Crippen molar-refractivity contribution in [1.29, 1.82) is 0 Å². The number of carbonyl (C=O) groups is 1. The number of halogens is 3. The van der Waals surface area contributed by atoms with Crippen LogP contribution in [-0.2, 0) is 18.0 Å². The Hall–Kier alpha value is -3.03. The summed E-state index contributed by atoms with van der Waals surface area (Å²) in [6.07, 6.45) is -1.68. The van der Waals surface area contributed by atoms with Gasteiger partial charge >= 0.3 is 6.18 Å². The second-order valence-corrected chi connectivity index (χ2v) is 5.38. The Morgan fingerprint density at radius 3 is 2.72 bits per heavy atom. The van der Waals surface area contributed by atoms with E-state index in [1.54, 1.807) is 6.07 Å². The third kappa shape index (κ3) is 3.73. The highest BCUT2D eigenvalue weighted by Crippen LogP contribution is 2.28. The molecule has 2 heterocycles. The zero-order chi connectivity index (χ0) is 18.0. The Kier molecular flexibility index (Phi) is 4.35. The van der Waals surface area contributed by atoms with Gasteiger partial charge in [-0.1, -0.05) is 6.07 Å². The second kappa shape index (κ2) is 6.46. The summed E-state index contributed by atoms with van der Waals surface area (Å²) < 4.78 is 44.8. The lowest BCUT2D eigenvalue weighted by Gasteiger charge is -2.10. The number of ether oxygens (including phenoxy) is 1. The third-order valence-corrected chi connectivity index (χ3v) is 3.58. The largest absolute Gasteiger partial charge is 0.483 e. The first-order valence-electron chi connectivity index (χ1n) is 7.34. The highest BCUT2D eigenvalue weighted by molar-refractivity contribution is 5.92. The molecule has 0 aliphatic carbocycles. The molecule has 1 amide bonds. The third-order valence-electron chi connectivity index (χ3n) is 3.58. The SMILES string of the molecule is Cn1ccc2c(OCC(=O)Nc3ccc(C(F)(F)F)nc3)cccc21. The van der Waals surface area contributed by atoms with Crippen molar-refractivity contribution in [2.24, 2.45) is 7.05 Å². The number of anilines is 1. The minimum absolute atomic E-state index is 0.166. The van der Waals surface area contributed by atoms with Crippen molar-refractivity contribution in [3.05, 3.63) is 54.5 Å². The van der Waals surface area contributed by atoms with E-state index in [2.05, 4.69) is 10.3 Å². The number of rotatable bonds is 4. The molecule has 3 rings (SSSR count). The number of nitrogens with zero attached hydrogens (tertiary/aromatic N) is 2. The topological polar surface area (TPSA) is 56.1 Å². The number of alkyl halides is 3. The van der Waals surface area contributed by atoms with Crippen molar-refractivity contribution in [3.8, 4) is 5.75 Å². The molecule has 0 bridgehead atoms. The number of hydrogen-bond acceptors (Lipinski definition) is 3. The molecule has 130 valence electrons. The van der Waals surface area contributed by atoms with E-state index in [0.29, 0.717) is 5.75 Å². The highest BCUT2D eigenvalue weighted by Gasteiger charge is 2.32. The number of aryl methyl sites for hydroxylation is 1. The maximum atomic E-state index is 12.4. The van der Waals surface area contributed by atoms with E-state index in [0.717, 1.165) is 29.2 Å². The number of pyridine rings is 1. The van der Waals surface area contributed by atoms with Crippen LogP contribution in [0.15, 0.2) is 48.8 Å². The Bertz CT molecular complexity index is 902. The van der Waals surface area contributed by atoms with E-state index in [4.69, 9.17) is 4.74 Å². The van der Waals surface area contributed by atoms with Gasteiger partial charge in [-0.15, -0.1) is 0 Å². The fourth-order valence-electron chi connectivity index (χ4n) is 2.38. The maximum absolute atomic E-state index is 12.4. The smallest absolute Gasteiger partial charge is 0.433 e. The van der Waals surface area contributed by atoms with Gasteiger partial charge in [-0.05, 0) is 30.3 Å². The maximum Gasteiger partial charge on any atom is 0.433 e. The molecule has 3 aromatic rings. The molecular weight excluding hydrogens is 335 g/mol.